The second-order valence-electron chi connectivity index (χ2n) is 1.78. The summed E-state index contributed by atoms with van der Waals surface area (Å²) >= 11 is 0. The van der Waals surface area contributed by atoms with E-state index in [1.54, 1.807) is 0 Å². The third kappa shape index (κ3) is 10.1. The van der Waals surface area contributed by atoms with Gasteiger partial charge in [0, 0.05) is 6.54 Å². The maximum Gasteiger partial charge on any atom is 1.00 e. The van der Waals surface area contributed by atoms with Gasteiger partial charge in [-0.3, -0.25) is 9.35 Å². The van der Waals surface area contributed by atoms with Gasteiger partial charge in [-0.2, -0.15) is 8.42 Å². The molecule has 0 aromatic carbocycles. The maximum atomic E-state index is 10.4. The Hall–Kier alpha value is 0.120. The fraction of sp³-hybridized carbons (Fsp3) is 0.400. The Bertz CT molecular complexity index is 248. The van der Waals surface area contributed by atoms with Gasteiger partial charge in [-0.25, -0.2) is 0 Å². The molecule has 0 aromatic rings. The van der Waals surface area contributed by atoms with E-state index >= 15 is 0 Å². The molecule has 0 saturated heterocycles. The minimum atomic E-state index is -3.98. The molecule has 64 valence electrons. The van der Waals surface area contributed by atoms with Crippen LogP contribution in [0.25, 0.3) is 0 Å². The zero-order valence-electron chi connectivity index (χ0n) is 6.78. The average molecular weight is 202 g/mol. The van der Waals surface area contributed by atoms with Crippen molar-refractivity contribution in [2.24, 2.45) is 0 Å². The van der Waals surface area contributed by atoms with Gasteiger partial charge in [0.15, 0.2) is 0 Å². The van der Waals surface area contributed by atoms with E-state index in [4.69, 9.17) is 4.55 Å². The number of amides is 1. The normalized spacial score (nSPS) is 9.75. The molecule has 0 aliphatic carbocycles. The number of carbonyl (C=O) groups is 1. The molecule has 2 N–H and O–H groups in total. The zero-order chi connectivity index (χ0) is 8.91. The largest absolute Gasteiger partial charge is 1.00 e. The molecule has 0 atom stereocenters. The van der Waals surface area contributed by atoms with Crippen molar-refractivity contribution in [3.05, 3.63) is 12.7 Å². The van der Waals surface area contributed by atoms with Crippen LogP contribution in [0.2, 0.25) is 0 Å². The van der Waals surface area contributed by atoms with Crippen molar-refractivity contribution in [1.82, 2.24) is 5.32 Å². The Balaban J connectivity index is 0. The van der Waals surface area contributed by atoms with E-state index in [0.717, 1.165) is 6.08 Å². The predicted octanol–water partition coefficient (Wildman–Crippen LogP) is -3.82. The van der Waals surface area contributed by atoms with Crippen LogP contribution in [0.15, 0.2) is 12.7 Å². The molecule has 0 radical (unpaired) electrons. The minimum absolute atomic E-state index is 0. The molecule has 0 saturated carbocycles. The van der Waals surface area contributed by atoms with Gasteiger partial charge in [0.2, 0.25) is 5.91 Å². The maximum absolute atomic E-state index is 10.4. The third-order valence-electron chi connectivity index (χ3n) is 0.845. The summed E-state index contributed by atoms with van der Waals surface area (Å²) in [7, 11) is -3.98. The van der Waals surface area contributed by atoms with Crippen LogP contribution >= 0.6 is 0 Å². The zero-order valence-corrected chi connectivity index (χ0v) is 9.60. The van der Waals surface area contributed by atoms with Gasteiger partial charge in [-0.1, -0.05) is 6.58 Å². The first kappa shape index (κ1) is 14.6. The summed E-state index contributed by atoms with van der Waals surface area (Å²) in [6, 6.07) is 0. The Labute approximate surface area is 93.3 Å². The summed E-state index contributed by atoms with van der Waals surface area (Å²) in [5.74, 6) is -0.944. The SMILES string of the molecule is C=CC(=O)NCCS(=O)(=O)O.[Na+]. The first-order valence-corrected chi connectivity index (χ1v) is 4.42. The fourth-order valence-corrected chi connectivity index (χ4v) is 0.735. The van der Waals surface area contributed by atoms with Gasteiger partial charge < -0.3 is 5.32 Å². The molecular formula is C5H9NNaO4S+. The number of carbonyl (C=O) groups excluding carboxylic acids is 1. The van der Waals surface area contributed by atoms with Crippen LogP contribution in [0, 0.1) is 0 Å². The Morgan fingerprint density at radius 1 is 1.58 bits per heavy atom. The van der Waals surface area contributed by atoms with Crippen LogP contribution in [0.3, 0.4) is 0 Å². The quantitative estimate of drug-likeness (QED) is 0.278. The van der Waals surface area contributed by atoms with Gasteiger partial charge in [-0.05, 0) is 6.08 Å². The van der Waals surface area contributed by atoms with E-state index in [1.807, 2.05) is 0 Å². The molecule has 1 amide bonds. The average Bonchev–Trinajstić information content (AvgIpc) is 1.85. The Kier molecular flexibility index (Phi) is 8.07. The molecule has 12 heavy (non-hydrogen) atoms. The number of nitrogens with one attached hydrogen (secondary N) is 1. The Morgan fingerprint density at radius 2 is 2.08 bits per heavy atom. The van der Waals surface area contributed by atoms with Crippen LogP contribution < -0.4 is 34.9 Å². The monoisotopic (exact) mass is 202 g/mol. The van der Waals surface area contributed by atoms with E-state index < -0.39 is 21.8 Å². The molecule has 0 rings (SSSR count). The van der Waals surface area contributed by atoms with E-state index in [0.29, 0.717) is 0 Å². The van der Waals surface area contributed by atoms with E-state index in [2.05, 4.69) is 11.9 Å². The first-order chi connectivity index (χ1) is 4.95. The molecule has 0 unspecified atom stereocenters. The summed E-state index contributed by atoms with van der Waals surface area (Å²) in [6.45, 7) is 3.04. The summed E-state index contributed by atoms with van der Waals surface area (Å²) in [5, 5.41) is 2.19. The van der Waals surface area contributed by atoms with Crippen molar-refractivity contribution < 1.29 is 47.3 Å². The van der Waals surface area contributed by atoms with Gasteiger partial charge in [0.25, 0.3) is 10.1 Å². The molecule has 7 heteroatoms. The van der Waals surface area contributed by atoms with Gasteiger partial charge in [0.05, 0.1) is 5.75 Å². The number of hydrogen-bond donors (Lipinski definition) is 2. The predicted molar refractivity (Wildman–Crippen MR) is 39.6 cm³/mol. The van der Waals surface area contributed by atoms with Crippen molar-refractivity contribution in [2.75, 3.05) is 12.3 Å². The summed E-state index contributed by atoms with van der Waals surface area (Å²) in [5.41, 5.74) is 0. The molecule has 0 aliphatic heterocycles. The van der Waals surface area contributed by atoms with Crippen molar-refractivity contribution in [2.45, 2.75) is 0 Å². The summed E-state index contributed by atoms with van der Waals surface area (Å²) in [4.78, 5) is 10.4. The molecule has 0 fully saturated rings. The van der Waals surface area contributed by atoms with Gasteiger partial charge >= 0.3 is 29.6 Å². The number of hydrogen-bond acceptors (Lipinski definition) is 3. The molecule has 0 aliphatic rings. The molecule has 0 aromatic heterocycles. The van der Waals surface area contributed by atoms with Crippen molar-refractivity contribution in [3.8, 4) is 0 Å². The molecule has 0 heterocycles. The molecular weight excluding hydrogens is 193 g/mol. The van der Waals surface area contributed by atoms with Crippen molar-refractivity contribution in [1.29, 1.82) is 0 Å². The van der Waals surface area contributed by atoms with Crippen LogP contribution in [0.5, 0.6) is 0 Å². The number of rotatable bonds is 4. The second kappa shape index (κ2) is 6.62. The van der Waals surface area contributed by atoms with Crippen LogP contribution in [0.1, 0.15) is 0 Å². The topological polar surface area (TPSA) is 83.5 Å². The smallest absolute Gasteiger partial charge is 0.351 e. The summed E-state index contributed by atoms with van der Waals surface area (Å²) in [6.07, 6.45) is 1.02. The van der Waals surface area contributed by atoms with Crippen molar-refractivity contribution >= 4 is 16.0 Å². The van der Waals surface area contributed by atoms with Crippen LogP contribution in [0.4, 0.5) is 0 Å². The standard InChI is InChI=1S/C5H9NO4S.Na/c1-2-5(7)6-3-4-11(8,9)10;/h2H,1,3-4H2,(H,6,7)(H,8,9,10);/q;+1. The van der Waals surface area contributed by atoms with Crippen molar-refractivity contribution in [3.63, 3.8) is 0 Å². The Morgan fingerprint density at radius 3 is 2.42 bits per heavy atom. The van der Waals surface area contributed by atoms with Gasteiger partial charge in [-0.15, -0.1) is 0 Å². The van der Waals surface area contributed by atoms with E-state index in [-0.39, 0.29) is 36.1 Å². The molecule has 0 bridgehead atoms. The summed E-state index contributed by atoms with van der Waals surface area (Å²) < 4.78 is 28.4. The third-order valence-corrected chi connectivity index (χ3v) is 1.56. The van der Waals surface area contributed by atoms with Gasteiger partial charge in [0.1, 0.15) is 0 Å². The fourth-order valence-electron chi connectivity index (χ4n) is 0.375. The first-order valence-electron chi connectivity index (χ1n) is 2.81. The van der Waals surface area contributed by atoms with Crippen LogP contribution in [-0.4, -0.2) is 31.2 Å². The second-order valence-corrected chi connectivity index (χ2v) is 3.35. The van der Waals surface area contributed by atoms with E-state index in [1.165, 1.54) is 0 Å². The van der Waals surface area contributed by atoms with Crippen LogP contribution in [-0.2, 0) is 14.9 Å². The van der Waals surface area contributed by atoms with E-state index in [9.17, 15) is 13.2 Å². The minimum Gasteiger partial charge on any atom is -0.351 e. The molecule has 0 spiro atoms. The molecule has 5 nitrogen and oxygen atoms in total.